The summed E-state index contributed by atoms with van der Waals surface area (Å²) in [5, 5.41) is 12.6. The molecule has 6 heteroatoms. The fraction of sp³-hybridized carbons (Fsp3) is 0.125. The largest absolute Gasteiger partial charge is 0.477 e. The predicted octanol–water partition coefficient (Wildman–Crippen LogP) is 0.0292. The molecule has 0 spiro atoms. The number of nitrogens with zero attached hydrogens (tertiary/aromatic N) is 2. The molecule has 14 heavy (non-hydrogen) atoms. The van der Waals surface area contributed by atoms with Crippen LogP contribution < -0.4 is 5.56 Å². The number of rotatable bonds is 1. The summed E-state index contributed by atoms with van der Waals surface area (Å²) in [6, 6.07) is 0. The molecule has 0 fully saturated rings. The Balaban J connectivity index is 2.87. The van der Waals surface area contributed by atoms with Gasteiger partial charge in [0.1, 0.15) is 5.56 Å². The van der Waals surface area contributed by atoms with Crippen LogP contribution >= 0.6 is 0 Å². The van der Waals surface area contributed by atoms with Gasteiger partial charge in [0.05, 0.1) is 6.20 Å². The van der Waals surface area contributed by atoms with Crippen LogP contribution in [0.4, 0.5) is 0 Å². The van der Waals surface area contributed by atoms with E-state index in [1.54, 1.807) is 6.92 Å². The van der Waals surface area contributed by atoms with Crippen molar-refractivity contribution in [3.63, 3.8) is 0 Å². The number of hydrogen-bond acceptors (Lipinski definition) is 3. The molecule has 0 aromatic carbocycles. The third-order valence-electron chi connectivity index (χ3n) is 1.93. The Morgan fingerprint density at radius 3 is 3.00 bits per heavy atom. The normalized spacial score (nSPS) is 10.6. The van der Waals surface area contributed by atoms with Crippen LogP contribution in [0.3, 0.4) is 0 Å². The Labute approximate surface area is 77.8 Å². The number of aromatic carboxylic acids is 1. The molecule has 0 aliphatic rings. The summed E-state index contributed by atoms with van der Waals surface area (Å²) in [5.74, 6) is -1.11. The Morgan fingerprint density at radius 1 is 1.64 bits per heavy atom. The zero-order valence-electron chi connectivity index (χ0n) is 7.31. The summed E-state index contributed by atoms with van der Waals surface area (Å²) in [6.45, 7) is 1.63. The van der Waals surface area contributed by atoms with Crippen LogP contribution in [0.1, 0.15) is 15.9 Å². The molecule has 0 aliphatic heterocycles. The second-order valence-electron chi connectivity index (χ2n) is 2.92. The average molecular weight is 193 g/mol. The Hall–Kier alpha value is -2.11. The molecule has 2 heterocycles. The zero-order valence-corrected chi connectivity index (χ0v) is 7.31. The summed E-state index contributed by atoms with van der Waals surface area (Å²) in [6.07, 6.45) is 2.69. The molecule has 2 aromatic heterocycles. The van der Waals surface area contributed by atoms with Gasteiger partial charge in [0, 0.05) is 11.8 Å². The van der Waals surface area contributed by atoms with Crippen LogP contribution in [-0.2, 0) is 0 Å². The highest BCUT2D eigenvalue weighted by Gasteiger charge is 2.12. The van der Waals surface area contributed by atoms with Crippen LogP contribution in [0.15, 0.2) is 17.2 Å². The number of aromatic amines is 1. The summed E-state index contributed by atoms with van der Waals surface area (Å²) < 4.78 is 1.33. The number of aromatic nitrogens is 3. The van der Waals surface area contributed by atoms with Crippen molar-refractivity contribution in [1.29, 1.82) is 0 Å². The molecule has 2 N–H and O–H groups in total. The van der Waals surface area contributed by atoms with E-state index in [9.17, 15) is 9.59 Å². The number of fused-ring (bicyclic) bond motifs is 1. The van der Waals surface area contributed by atoms with Gasteiger partial charge < -0.3 is 10.1 Å². The lowest BCUT2D eigenvalue weighted by atomic mass is 10.3. The van der Waals surface area contributed by atoms with E-state index in [0.29, 0.717) is 5.56 Å². The lowest BCUT2D eigenvalue weighted by Crippen LogP contribution is -2.12. The summed E-state index contributed by atoms with van der Waals surface area (Å²) in [7, 11) is 0. The second kappa shape index (κ2) is 2.69. The monoisotopic (exact) mass is 193 g/mol. The molecule has 0 bridgehead atoms. The lowest BCUT2D eigenvalue weighted by molar-refractivity contribution is 0.0699. The van der Waals surface area contributed by atoms with Gasteiger partial charge in [0.15, 0.2) is 5.65 Å². The van der Waals surface area contributed by atoms with Crippen molar-refractivity contribution in [3.8, 4) is 0 Å². The molecule has 0 amide bonds. The van der Waals surface area contributed by atoms with Crippen LogP contribution in [-0.4, -0.2) is 25.7 Å². The number of carbonyl (C=O) groups is 1. The molecule has 6 nitrogen and oxygen atoms in total. The van der Waals surface area contributed by atoms with Crippen LogP contribution in [0, 0.1) is 6.92 Å². The van der Waals surface area contributed by atoms with E-state index >= 15 is 0 Å². The smallest absolute Gasteiger partial charge is 0.341 e. The molecule has 0 unspecified atom stereocenters. The first-order valence-electron chi connectivity index (χ1n) is 3.90. The van der Waals surface area contributed by atoms with Crippen LogP contribution in [0.25, 0.3) is 5.65 Å². The second-order valence-corrected chi connectivity index (χ2v) is 2.92. The van der Waals surface area contributed by atoms with Gasteiger partial charge in [-0.15, -0.1) is 0 Å². The van der Waals surface area contributed by atoms with Gasteiger partial charge in [-0.1, -0.05) is 0 Å². The molecule has 2 rings (SSSR count). The Kier molecular flexibility index (Phi) is 1.63. The SMILES string of the molecule is Cc1cn2ncc(C(=O)O)c2[nH]c1=O. The van der Waals surface area contributed by atoms with Gasteiger partial charge in [0.25, 0.3) is 5.56 Å². The van der Waals surface area contributed by atoms with Crippen LogP contribution in [0.5, 0.6) is 0 Å². The first-order chi connectivity index (χ1) is 6.59. The molecule has 2 aromatic rings. The third-order valence-corrected chi connectivity index (χ3v) is 1.93. The Morgan fingerprint density at radius 2 is 2.36 bits per heavy atom. The first kappa shape index (κ1) is 8.49. The van der Waals surface area contributed by atoms with E-state index in [4.69, 9.17) is 5.11 Å². The zero-order chi connectivity index (χ0) is 10.3. The van der Waals surface area contributed by atoms with E-state index in [2.05, 4.69) is 10.1 Å². The molecule has 0 saturated heterocycles. The molecule has 0 atom stereocenters. The number of H-pyrrole nitrogens is 1. The molecule has 0 saturated carbocycles. The van der Waals surface area contributed by atoms with Crippen molar-refractivity contribution in [2.24, 2.45) is 0 Å². The standard InChI is InChI=1S/C8H7N3O3/c1-4-3-11-6(10-7(4)12)5(2-9-11)8(13)14/h2-3H,1H3,(H,10,12)(H,13,14). The van der Waals surface area contributed by atoms with E-state index in [1.165, 1.54) is 16.9 Å². The van der Waals surface area contributed by atoms with Gasteiger partial charge in [-0.2, -0.15) is 5.10 Å². The van der Waals surface area contributed by atoms with Crippen molar-refractivity contribution in [2.45, 2.75) is 6.92 Å². The van der Waals surface area contributed by atoms with Gasteiger partial charge in [-0.05, 0) is 6.92 Å². The van der Waals surface area contributed by atoms with Gasteiger partial charge in [0.2, 0.25) is 0 Å². The fourth-order valence-electron chi connectivity index (χ4n) is 1.19. The van der Waals surface area contributed by atoms with E-state index in [-0.39, 0.29) is 16.8 Å². The third kappa shape index (κ3) is 1.08. The summed E-state index contributed by atoms with van der Waals surface area (Å²) >= 11 is 0. The highest BCUT2D eigenvalue weighted by Crippen LogP contribution is 2.05. The van der Waals surface area contributed by atoms with E-state index < -0.39 is 5.97 Å². The Bertz CT molecular complexity index is 567. The topological polar surface area (TPSA) is 87.5 Å². The van der Waals surface area contributed by atoms with E-state index in [0.717, 1.165) is 0 Å². The quantitative estimate of drug-likeness (QED) is 0.668. The molecule has 0 aliphatic carbocycles. The summed E-state index contributed by atoms with van der Waals surface area (Å²) in [4.78, 5) is 24.4. The number of aryl methyl sites for hydroxylation is 1. The van der Waals surface area contributed by atoms with Crippen molar-refractivity contribution in [2.75, 3.05) is 0 Å². The number of carboxylic acid groups (broad SMARTS) is 1. The maximum absolute atomic E-state index is 11.2. The van der Waals surface area contributed by atoms with Crippen molar-refractivity contribution in [1.82, 2.24) is 14.6 Å². The average Bonchev–Trinajstić information content (AvgIpc) is 2.48. The summed E-state index contributed by atoms with van der Waals surface area (Å²) in [5.41, 5.74) is 0.369. The number of carboxylic acids is 1. The number of nitrogens with one attached hydrogen (secondary N) is 1. The molecule has 72 valence electrons. The maximum atomic E-state index is 11.2. The minimum absolute atomic E-state index is 0.0119. The van der Waals surface area contributed by atoms with Gasteiger partial charge in [-0.3, -0.25) is 4.79 Å². The minimum Gasteiger partial charge on any atom is -0.477 e. The van der Waals surface area contributed by atoms with Crippen molar-refractivity contribution >= 4 is 11.6 Å². The van der Waals surface area contributed by atoms with E-state index in [1.807, 2.05) is 0 Å². The van der Waals surface area contributed by atoms with Crippen molar-refractivity contribution in [3.05, 3.63) is 33.9 Å². The van der Waals surface area contributed by atoms with Crippen LogP contribution in [0.2, 0.25) is 0 Å². The predicted molar refractivity (Wildman–Crippen MR) is 47.5 cm³/mol. The molecular formula is C8H7N3O3. The first-order valence-corrected chi connectivity index (χ1v) is 3.90. The lowest BCUT2D eigenvalue weighted by Gasteiger charge is -1.95. The maximum Gasteiger partial charge on any atom is 0.341 e. The van der Waals surface area contributed by atoms with Crippen molar-refractivity contribution < 1.29 is 9.90 Å². The molecular weight excluding hydrogens is 186 g/mol. The minimum atomic E-state index is -1.11. The van der Waals surface area contributed by atoms with Gasteiger partial charge >= 0.3 is 5.97 Å². The fourth-order valence-corrected chi connectivity index (χ4v) is 1.19. The highest BCUT2D eigenvalue weighted by atomic mass is 16.4. The molecule has 0 radical (unpaired) electrons. The van der Waals surface area contributed by atoms with Gasteiger partial charge in [-0.25, -0.2) is 9.31 Å². The highest BCUT2D eigenvalue weighted by molar-refractivity contribution is 5.93. The number of hydrogen-bond donors (Lipinski definition) is 2.